The normalized spacial score (nSPS) is 16.2. The fourth-order valence-corrected chi connectivity index (χ4v) is 1.80. The number of hydrazone groups is 1. The number of nitrogens with zero attached hydrogens (tertiary/aromatic N) is 3. The van der Waals surface area contributed by atoms with Crippen molar-refractivity contribution in [3.63, 3.8) is 0 Å². The van der Waals surface area contributed by atoms with Gasteiger partial charge >= 0.3 is 0 Å². The highest BCUT2D eigenvalue weighted by atomic mass is 16.5. The van der Waals surface area contributed by atoms with Crippen LogP contribution >= 0.6 is 0 Å². The molecule has 4 N–H and O–H groups in total. The minimum atomic E-state index is 0.458. The van der Waals surface area contributed by atoms with Gasteiger partial charge in [0.25, 0.3) is 0 Å². The summed E-state index contributed by atoms with van der Waals surface area (Å²) in [6, 6.07) is 7.36. The fourth-order valence-electron chi connectivity index (χ4n) is 1.80. The third-order valence-corrected chi connectivity index (χ3v) is 2.88. The van der Waals surface area contributed by atoms with Crippen molar-refractivity contribution in [1.29, 1.82) is 0 Å². The Labute approximate surface area is 112 Å². The highest BCUT2D eigenvalue weighted by Gasteiger charge is 2.13. The molecule has 0 radical (unpaired) electrons. The summed E-state index contributed by atoms with van der Waals surface area (Å²) in [6.07, 6.45) is 1.61. The molecule has 1 aromatic rings. The average molecular weight is 261 g/mol. The molecule has 1 fully saturated rings. The van der Waals surface area contributed by atoms with E-state index in [1.807, 2.05) is 29.2 Å². The number of hydrogen-bond donors (Lipinski definition) is 2. The van der Waals surface area contributed by atoms with Gasteiger partial charge in [-0.05, 0) is 24.3 Å². The zero-order valence-corrected chi connectivity index (χ0v) is 10.8. The summed E-state index contributed by atoms with van der Waals surface area (Å²) in [5, 5.41) is 5.99. The van der Waals surface area contributed by atoms with Crippen LogP contribution in [0.15, 0.2) is 42.1 Å². The zero-order chi connectivity index (χ0) is 13.7. The minimum absolute atomic E-state index is 0.458. The number of guanidine groups is 1. The highest BCUT2D eigenvalue weighted by molar-refractivity contribution is 5.79. The van der Waals surface area contributed by atoms with E-state index < -0.39 is 0 Å². The first kappa shape index (κ1) is 13.2. The molecule has 6 heteroatoms. The maximum atomic E-state index is 6.00. The second-order valence-corrected chi connectivity index (χ2v) is 4.18. The first-order valence-electron chi connectivity index (χ1n) is 6.15. The Hall–Kier alpha value is -2.21. The molecule has 0 aromatic heterocycles. The van der Waals surface area contributed by atoms with Crippen LogP contribution in [0.5, 0.6) is 0 Å². The van der Waals surface area contributed by atoms with Crippen molar-refractivity contribution in [3.8, 4) is 0 Å². The molecule has 1 aliphatic heterocycles. The zero-order valence-electron chi connectivity index (χ0n) is 10.8. The first-order valence-corrected chi connectivity index (χ1v) is 6.15. The van der Waals surface area contributed by atoms with Gasteiger partial charge in [-0.3, -0.25) is 0 Å². The van der Waals surface area contributed by atoms with E-state index in [0.29, 0.717) is 24.9 Å². The Balaban J connectivity index is 2.12. The van der Waals surface area contributed by atoms with Crippen LogP contribution in [-0.2, 0) is 4.74 Å². The second kappa shape index (κ2) is 6.10. The summed E-state index contributed by atoms with van der Waals surface area (Å²) in [7, 11) is 0. The molecule has 1 aromatic carbocycles. The van der Waals surface area contributed by atoms with Crippen molar-refractivity contribution in [3.05, 3.63) is 37.0 Å². The number of rotatable bonds is 3. The second-order valence-electron chi connectivity index (χ2n) is 4.18. The Kier molecular flexibility index (Phi) is 4.25. The van der Waals surface area contributed by atoms with E-state index in [1.165, 1.54) is 0 Å². The number of hydrogen-bond acceptors (Lipinski definition) is 4. The molecule has 0 aliphatic carbocycles. The largest absolute Gasteiger partial charge is 0.399 e. The third-order valence-electron chi connectivity index (χ3n) is 2.88. The number of benzene rings is 1. The Bertz CT molecular complexity index is 451. The van der Waals surface area contributed by atoms with Gasteiger partial charge in [0.05, 0.1) is 18.9 Å². The van der Waals surface area contributed by atoms with Crippen molar-refractivity contribution in [2.24, 2.45) is 10.8 Å². The standard InChI is InChI=1S/C13H19N5O/c1-2-18(12-5-3-11(14)4-6-12)16-13(15)17-7-9-19-10-8-17/h2-6H,1,7-10,14H2,(H2,15,16). The van der Waals surface area contributed by atoms with Gasteiger partial charge in [0, 0.05) is 25.0 Å². The van der Waals surface area contributed by atoms with Crippen LogP contribution in [0.1, 0.15) is 0 Å². The lowest BCUT2D eigenvalue weighted by atomic mass is 10.3. The van der Waals surface area contributed by atoms with Gasteiger partial charge in [0.1, 0.15) is 0 Å². The third kappa shape index (κ3) is 3.38. The molecule has 0 saturated carbocycles. The molecule has 1 aliphatic rings. The molecule has 1 saturated heterocycles. The lowest BCUT2D eigenvalue weighted by molar-refractivity contribution is 0.0674. The van der Waals surface area contributed by atoms with Gasteiger partial charge in [0.2, 0.25) is 5.96 Å². The Morgan fingerprint density at radius 2 is 1.95 bits per heavy atom. The average Bonchev–Trinajstić information content (AvgIpc) is 2.46. The minimum Gasteiger partial charge on any atom is -0.399 e. The maximum Gasteiger partial charge on any atom is 0.214 e. The van der Waals surface area contributed by atoms with E-state index in [0.717, 1.165) is 18.8 Å². The molecule has 0 atom stereocenters. The maximum absolute atomic E-state index is 6.00. The molecule has 0 spiro atoms. The molecule has 0 amide bonds. The summed E-state index contributed by atoms with van der Waals surface area (Å²) in [5.41, 5.74) is 13.2. The predicted molar refractivity (Wildman–Crippen MR) is 77.5 cm³/mol. The van der Waals surface area contributed by atoms with Crippen LogP contribution in [-0.4, -0.2) is 37.2 Å². The summed E-state index contributed by atoms with van der Waals surface area (Å²) in [4.78, 5) is 1.98. The van der Waals surface area contributed by atoms with Gasteiger partial charge in [0.15, 0.2) is 0 Å². The smallest absolute Gasteiger partial charge is 0.214 e. The number of nitrogen functional groups attached to an aromatic ring is 1. The van der Waals surface area contributed by atoms with Crippen LogP contribution in [0.4, 0.5) is 11.4 Å². The lowest BCUT2D eigenvalue weighted by Crippen LogP contribution is -2.45. The Morgan fingerprint density at radius 3 is 2.53 bits per heavy atom. The van der Waals surface area contributed by atoms with Gasteiger partial charge in [-0.2, -0.15) is 0 Å². The molecule has 6 nitrogen and oxygen atoms in total. The van der Waals surface area contributed by atoms with Crippen LogP contribution in [0, 0.1) is 0 Å². The van der Waals surface area contributed by atoms with E-state index in [9.17, 15) is 0 Å². The predicted octanol–water partition coefficient (Wildman–Crippen LogP) is 0.781. The number of morpholine rings is 1. The number of nitrogens with two attached hydrogens (primary N) is 2. The van der Waals surface area contributed by atoms with Gasteiger partial charge in [-0.1, -0.05) is 6.58 Å². The van der Waals surface area contributed by atoms with Crippen LogP contribution < -0.4 is 16.5 Å². The van der Waals surface area contributed by atoms with Crippen LogP contribution in [0.25, 0.3) is 0 Å². The molecular weight excluding hydrogens is 242 g/mol. The molecule has 1 heterocycles. The van der Waals surface area contributed by atoms with Crippen molar-refractivity contribution in [2.45, 2.75) is 0 Å². The summed E-state index contributed by atoms with van der Waals surface area (Å²) in [5.74, 6) is 0.458. The topological polar surface area (TPSA) is 80.1 Å². The molecule has 19 heavy (non-hydrogen) atoms. The monoisotopic (exact) mass is 261 g/mol. The van der Waals surface area contributed by atoms with E-state index in [4.69, 9.17) is 16.2 Å². The van der Waals surface area contributed by atoms with Crippen molar-refractivity contribution < 1.29 is 4.74 Å². The van der Waals surface area contributed by atoms with Crippen LogP contribution in [0.2, 0.25) is 0 Å². The molecule has 0 unspecified atom stereocenters. The van der Waals surface area contributed by atoms with E-state index in [2.05, 4.69) is 11.7 Å². The van der Waals surface area contributed by atoms with Gasteiger partial charge < -0.3 is 21.1 Å². The fraction of sp³-hybridized carbons (Fsp3) is 0.308. The van der Waals surface area contributed by atoms with Crippen molar-refractivity contribution in [2.75, 3.05) is 37.0 Å². The van der Waals surface area contributed by atoms with Crippen LogP contribution in [0.3, 0.4) is 0 Å². The van der Waals surface area contributed by atoms with Gasteiger partial charge in [-0.25, -0.2) is 5.01 Å². The van der Waals surface area contributed by atoms with Crippen molar-refractivity contribution in [1.82, 2.24) is 4.90 Å². The lowest BCUT2D eigenvalue weighted by Gasteiger charge is -2.28. The summed E-state index contributed by atoms with van der Waals surface area (Å²) in [6.45, 7) is 6.60. The molecular formula is C13H19N5O. The molecule has 0 bridgehead atoms. The van der Waals surface area contributed by atoms with Crippen molar-refractivity contribution >= 4 is 17.3 Å². The first-order chi connectivity index (χ1) is 9.20. The summed E-state index contributed by atoms with van der Waals surface area (Å²) >= 11 is 0. The highest BCUT2D eigenvalue weighted by Crippen LogP contribution is 2.17. The number of ether oxygens (including phenoxy) is 1. The quantitative estimate of drug-likeness (QED) is 0.364. The van der Waals surface area contributed by atoms with E-state index >= 15 is 0 Å². The van der Waals surface area contributed by atoms with E-state index in [-0.39, 0.29) is 0 Å². The molecule has 2 rings (SSSR count). The summed E-state index contributed by atoms with van der Waals surface area (Å²) < 4.78 is 5.28. The molecule has 102 valence electrons. The van der Waals surface area contributed by atoms with Gasteiger partial charge in [-0.15, -0.1) is 5.10 Å². The van der Waals surface area contributed by atoms with E-state index in [1.54, 1.807) is 11.2 Å². The Morgan fingerprint density at radius 1 is 1.32 bits per heavy atom. The SMILES string of the molecule is C=CN(/N=C(\N)N1CCOCC1)c1ccc(N)cc1. The number of anilines is 2.